The molecule has 0 saturated carbocycles. The van der Waals surface area contributed by atoms with E-state index in [1.54, 1.807) is 0 Å². The van der Waals surface area contributed by atoms with Gasteiger partial charge in [-0.1, -0.05) is 6.92 Å². The van der Waals surface area contributed by atoms with E-state index in [2.05, 4.69) is 27.1 Å². The third-order valence-corrected chi connectivity index (χ3v) is 2.82. The largest absolute Gasteiger partial charge is 0.311 e. The first-order valence-corrected chi connectivity index (χ1v) is 5.60. The molecule has 0 spiro atoms. The summed E-state index contributed by atoms with van der Waals surface area (Å²) >= 11 is 0. The second kappa shape index (κ2) is 5.19. The van der Waals surface area contributed by atoms with Gasteiger partial charge in [0.05, 0.1) is 6.54 Å². The highest BCUT2D eigenvalue weighted by atomic mass is 15.2. The van der Waals surface area contributed by atoms with Crippen molar-refractivity contribution in [3.8, 4) is 0 Å². The zero-order valence-corrected chi connectivity index (χ0v) is 9.19. The average molecular weight is 206 g/mol. The van der Waals surface area contributed by atoms with Gasteiger partial charge in [-0.3, -0.25) is 4.90 Å². The van der Waals surface area contributed by atoms with Crippen molar-refractivity contribution >= 4 is 0 Å². The lowest BCUT2D eigenvalue weighted by Crippen LogP contribution is -2.49. The van der Waals surface area contributed by atoms with Crippen molar-refractivity contribution < 1.29 is 0 Å². The summed E-state index contributed by atoms with van der Waals surface area (Å²) < 4.78 is 0. The molecule has 2 heterocycles. The van der Waals surface area contributed by atoms with Gasteiger partial charge in [0.25, 0.3) is 0 Å². The Morgan fingerprint density at radius 3 is 3.00 bits per heavy atom. The number of nitrogens with zero attached hydrogens (tertiary/aromatic N) is 3. The maximum atomic E-state index is 4.25. The summed E-state index contributed by atoms with van der Waals surface area (Å²) in [6.45, 7) is 6.37. The van der Waals surface area contributed by atoms with Crippen LogP contribution in [0.3, 0.4) is 0 Å². The van der Waals surface area contributed by atoms with E-state index in [1.807, 2.05) is 18.5 Å². The Balaban J connectivity index is 1.89. The summed E-state index contributed by atoms with van der Waals surface area (Å²) in [6.07, 6.45) is 4.80. The molecule has 4 nitrogen and oxygen atoms in total. The van der Waals surface area contributed by atoms with E-state index < -0.39 is 0 Å². The molecule has 1 aromatic heterocycles. The van der Waals surface area contributed by atoms with Crippen molar-refractivity contribution in [3.63, 3.8) is 0 Å². The number of nitrogens with one attached hydrogen (secondary N) is 1. The van der Waals surface area contributed by atoms with Gasteiger partial charge >= 0.3 is 0 Å². The minimum absolute atomic E-state index is 0.627. The van der Waals surface area contributed by atoms with Crippen LogP contribution in [-0.4, -0.2) is 40.5 Å². The molecule has 1 aliphatic heterocycles. The van der Waals surface area contributed by atoms with Crippen molar-refractivity contribution in [2.24, 2.45) is 0 Å². The Morgan fingerprint density at radius 1 is 1.47 bits per heavy atom. The van der Waals surface area contributed by atoms with Gasteiger partial charge in [-0.15, -0.1) is 0 Å². The fourth-order valence-electron chi connectivity index (χ4n) is 1.92. The van der Waals surface area contributed by atoms with Crippen molar-refractivity contribution in [2.45, 2.75) is 25.9 Å². The maximum Gasteiger partial charge on any atom is 0.142 e. The first-order valence-electron chi connectivity index (χ1n) is 5.60. The molecule has 4 heteroatoms. The Kier molecular flexibility index (Phi) is 3.64. The molecular formula is C11H18N4. The zero-order valence-electron chi connectivity index (χ0n) is 9.19. The summed E-state index contributed by atoms with van der Waals surface area (Å²) in [6, 6.07) is 2.48. The second-order valence-electron chi connectivity index (χ2n) is 3.96. The number of hydrogen-bond donors (Lipinski definition) is 1. The molecule has 1 saturated heterocycles. The van der Waals surface area contributed by atoms with Gasteiger partial charge in [-0.25, -0.2) is 9.97 Å². The minimum atomic E-state index is 0.627. The first-order chi connectivity index (χ1) is 7.38. The molecule has 0 aliphatic carbocycles. The molecule has 0 amide bonds. The average Bonchev–Trinajstić information content (AvgIpc) is 2.31. The van der Waals surface area contributed by atoms with E-state index in [4.69, 9.17) is 0 Å². The molecular weight excluding hydrogens is 188 g/mol. The molecule has 1 atom stereocenters. The Bertz CT molecular complexity index is 288. The van der Waals surface area contributed by atoms with E-state index in [1.165, 1.54) is 6.42 Å². The molecule has 1 N–H and O–H groups in total. The number of aromatic nitrogens is 2. The fourth-order valence-corrected chi connectivity index (χ4v) is 1.92. The standard InChI is InChI=1S/C11H18N4/c1-2-10-8-15(7-6-12-10)9-11-13-4-3-5-14-11/h3-5,10,12H,2,6-9H2,1H3. The summed E-state index contributed by atoms with van der Waals surface area (Å²) in [7, 11) is 0. The van der Waals surface area contributed by atoms with Gasteiger partial charge in [0.15, 0.2) is 0 Å². The molecule has 0 bridgehead atoms. The summed E-state index contributed by atoms with van der Waals surface area (Å²) in [5.74, 6) is 0.925. The Morgan fingerprint density at radius 2 is 2.27 bits per heavy atom. The third-order valence-electron chi connectivity index (χ3n) is 2.82. The number of rotatable bonds is 3. The van der Waals surface area contributed by atoms with Crippen molar-refractivity contribution in [2.75, 3.05) is 19.6 Å². The third kappa shape index (κ3) is 2.97. The van der Waals surface area contributed by atoms with Gasteiger partial charge in [0, 0.05) is 38.1 Å². The van der Waals surface area contributed by atoms with E-state index in [0.717, 1.165) is 32.0 Å². The molecule has 1 aliphatic rings. The van der Waals surface area contributed by atoms with Crippen LogP contribution in [-0.2, 0) is 6.54 Å². The Labute approximate surface area is 90.7 Å². The number of piperazine rings is 1. The quantitative estimate of drug-likeness (QED) is 0.789. The molecule has 82 valence electrons. The molecule has 2 rings (SSSR count). The monoisotopic (exact) mass is 206 g/mol. The second-order valence-corrected chi connectivity index (χ2v) is 3.96. The smallest absolute Gasteiger partial charge is 0.142 e. The number of hydrogen-bond acceptors (Lipinski definition) is 4. The van der Waals surface area contributed by atoms with Gasteiger partial charge < -0.3 is 5.32 Å². The van der Waals surface area contributed by atoms with Crippen LogP contribution in [0.1, 0.15) is 19.2 Å². The summed E-state index contributed by atoms with van der Waals surface area (Å²) in [5, 5.41) is 3.50. The van der Waals surface area contributed by atoms with Crippen LogP contribution in [0.25, 0.3) is 0 Å². The van der Waals surface area contributed by atoms with E-state index in [-0.39, 0.29) is 0 Å². The lowest BCUT2D eigenvalue weighted by atomic mass is 10.1. The maximum absolute atomic E-state index is 4.25. The lowest BCUT2D eigenvalue weighted by molar-refractivity contribution is 0.186. The van der Waals surface area contributed by atoms with Crippen LogP contribution in [0.4, 0.5) is 0 Å². The van der Waals surface area contributed by atoms with Gasteiger partial charge in [-0.2, -0.15) is 0 Å². The summed E-state index contributed by atoms with van der Waals surface area (Å²) in [4.78, 5) is 10.9. The molecule has 1 aromatic rings. The van der Waals surface area contributed by atoms with E-state index in [9.17, 15) is 0 Å². The van der Waals surface area contributed by atoms with Crippen molar-refractivity contribution in [1.82, 2.24) is 20.2 Å². The first kappa shape index (κ1) is 10.5. The lowest BCUT2D eigenvalue weighted by Gasteiger charge is -2.32. The highest BCUT2D eigenvalue weighted by Crippen LogP contribution is 2.05. The van der Waals surface area contributed by atoms with Gasteiger partial charge in [-0.05, 0) is 12.5 Å². The van der Waals surface area contributed by atoms with Crippen LogP contribution in [0.5, 0.6) is 0 Å². The van der Waals surface area contributed by atoms with Gasteiger partial charge in [0.2, 0.25) is 0 Å². The SMILES string of the molecule is CCC1CN(Cc2ncccn2)CCN1. The van der Waals surface area contributed by atoms with E-state index in [0.29, 0.717) is 6.04 Å². The molecule has 1 fully saturated rings. The predicted octanol–water partition coefficient (Wildman–Crippen LogP) is 0.660. The normalized spacial score (nSPS) is 22.9. The fraction of sp³-hybridized carbons (Fsp3) is 0.636. The van der Waals surface area contributed by atoms with Crippen LogP contribution in [0.2, 0.25) is 0 Å². The molecule has 15 heavy (non-hydrogen) atoms. The minimum Gasteiger partial charge on any atom is -0.311 e. The molecule has 0 aromatic carbocycles. The van der Waals surface area contributed by atoms with Crippen LogP contribution < -0.4 is 5.32 Å². The molecule has 1 unspecified atom stereocenters. The van der Waals surface area contributed by atoms with Crippen LogP contribution >= 0.6 is 0 Å². The molecule has 0 radical (unpaired) electrons. The Hall–Kier alpha value is -1.00. The van der Waals surface area contributed by atoms with Crippen molar-refractivity contribution in [3.05, 3.63) is 24.3 Å². The highest BCUT2D eigenvalue weighted by molar-refractivity contribution is 4.90. The van der Waals surface area contributed by atoms with Crippen LogP contribution in [0, 0.1) is 0 Å². The van der Waals surface area contributed by atoms with Gasteiger partial charge in [0.1, 0.15) is 5.82 Å². The van der Waals surface area contributed by atoms with Crippen LogP contribution in [0.15, 0.2) is 18.5 Å². The van der Waals surface area contributed by atoms with Crippen molar-refractivity contribution in [1.29, 1.82) is 0 Å². The zero-order chi connectivity index (χ0) is 10.5. The highest BCUT2D eigenvalue weighted by Gasteiger charge is 2.17. The van der Waals surface area contributed by atoms with E-state index >= 15 is 0 Å². The topological polar surface area (TPSA) is 41.1 Å². The summed E-state index contributed by atoms with van der Waals surface area (Å²) in [5.41, 5.74) is 0. The predicted molar refractivity (Wildman–Crippen MR) is 59.4 cm³/mol.